The van der Waals surface area contributed by atoms with Crippen molar-refractivity contribution in [1.29, 1.82) is 0 Å². The lowest BCUT2D eigenvalue weighted by Crippen LogP contribution is -2.48. The molecule has 1 saturated heterocycles. The summed E-state index contributed by atoms with van der Waals surface area (Å²) < 4.78 is 26.9. The van der Waals surface area contributed by atoms with Gasteiger partial charge in [-0.3, -0.25) is 4.79 Å². The van der Waals surface area contributed by atoms with Gasteiger partial charge in [-0.15, -0.1) is 0 Å². The minimum Gasteiger partial charge on any atom is -0.481 e. The lowest BCUT2D eigenvalue weighted by molar-refractivity contribution is -0.147. The maximum absolute atomic E-state index is 12.9. The predicted molar refractivity (Wildman–Crippen MR) is 81.2 cm³/mol. The van der Waals surface area contributed by atoms with Crippen LogP contribution in [0.4, 0.5) is 0 Å². The molecule has 1 aromatic rings. The number of hydrogen-bond donors (Lipinski definition) is 2. The number of carboxylic acids is 1. The summed E-state index contributed by atoms with van der Waals surface area (Å²) in [5.74, 6) is -2.26. The molecule has 0 saturated carbocycles. The third-order valence-corrected chi connectivity index (χ3v) is 6.23. The number of benzene rings is 1. The van der Waals surface area contributed by atoms with Crippen LogP contribution in [0.25, 0.3) is 0 Å². The van der Waals surface area contributed by atoms with Crippen molar-refractivity contribution in [2.75, 3.05) is 13.1 Å². The van der Waals surface area contributed by atoms with E-state index in [9.17, 15) is 18.3 Å². The molecular formula is C15H21NO5S. The molecule has 0 aliphatic carbocycles. The first kappa shape index (κ1) is 16.9. The van der Waals surface area contributed by atoms with E-state index in [4.69, 9.17) is 5.11 Å². The molecule has 122 valence electrons. The van der Waals surface area contributed by atoms with E-state index in [0.717, 1.165) is 5.56 Å². The van der Waals surface area contributed by atoms with Gasteiger partial charge in [0.15, 0.2) is 0 Å². The highest BCUT2D eigenvalue weighted by molar-refractivity contribution is 7.89. The van der Waals surface area contributed by atoms with Crippen LogP contribution in [0.15, 0.2) is 17.0 Å². The van der Waals surface area contributed by atoms with E-state index in [1.165, 1.54) is 4.31 Å². The highest BCUT2D eigenvalue weighted by Gasteiger charge is 2.39. The zero-order valence-electron chi connectivity index (χ0n) is 12.9. The highest BCUT2D eigenvalue weighted by Crippen LogP contribution is 2.29. The van der Waals surface area contributed by atoms with Crippen LogP contribution in [0.2, 0.25) is 0 Å². The zero-order valence-corrected chi connectivity index (χ0v) is 13.7. The monoisotopic (exact) mass is 327 g/mol. The van der Waals surface area contributed by atoms with Crippen molar-refractivity contribution in [3.05, 3.63) is 28.8 Å². The Morgan fingerprint density at radius 1 is 1.23 bits per heavy atom. The van der Waals surface area contributed by atoms with Crippen LogP contribution in [-0.4, -0.2) is 48.1 Å². The summed E-state index contributed by atoms with van der Waals surface area (Å²) in [5.41, 5.74) is 2.28. The molecule has 1 aliphatic rings. The number of sulfonamides is 1. The fraction of sp³-hybridized carbons (Fsp3) is 0.533. The molecule has 22 heavy (non-hydrogen) atoms. The molecule has 2 rings (SSSR count). The molecule has 1 aliphatic heterocycles. The molecule has 1 heterocycles. The number of piperidine rings is 1. The molecule has 7 heteroatoms. The Morgan fingerprint density at radius 2 is 1.77 bits per heavy atom. The Hall–Kier alpha value is -1.44. The van der Waals surface area contributed by atoms with Crippen molar-refractivity contribution in [1.82, 2.24) is 4.31 Å². The number of aliphatic hydroxyl groups is 1. The van der Waals surface area contributed by atoms with E-state index < -0.39 is 28.0 Å². The topological polar surface area (TPSA) is 94.9 Å². The lowest BCUT2D eigenvalue weighted by Gasteiger charge is -2.33. The van der Waals surface area contributed by atoms with Crippen LogP contribution >= 0.6 is 0 Å². The van der Waals surface area contributed by atoms with Gasteiger partial charge in [0.1, 0.15) is 0 Å². The molecule has 0 radical (unpaired) electrons. The number of aryl methyl sites for hydroxylation is 3. The number of rotatable bonds is 3. The van der Waals surface area contributed by atoms with E-state index in [2.05, 4.69) is 0 Å². The van der Waals surface area contributed by atoms with Gasteiger partial charge >= 0.3 is 5.97 Å². The van der Waals surface area contributed by atoms with E-state index >= 15 is 0 Å². The fourth-order valence-corrected chi connectivity index (χ4v) is 4.97. The molecule has 1 aromatic carbocycles. The van der Waals surface area contributed by atoms with Gasteiger partial charge in [-0.25, -0.2) is 8.42 Å². The Kier molecular flexibility index (Phi) is 4.60. The molecule has 0 spiro atoms. The minimum atomic E-state index is -3.77. The minimum absolute atomic E-state index is 0.125. The second kappa shape index (κ2) is 5.98. The molecule has 0 bridgehead atoms. The van der Waals surface area contributed by atoms with E-state index in [1.807, 2.05) is 6.92 Å². The van der Waals surface area contributed by atoms with Crippen molar-refractivity contribution in [3.63, 3.8) is 0 Å². The Morgan fingerprint density at radius 3 is 2.27 bits per heavy atom. The van der Waals surface area contributed by atoms with Crippen LogP contribution in [0.3, 0.4) is 0 Å². The summed E-state index contributed by atoms with van der Waals surface area (Å²) in [7, 11) is -3.77. The number of nitrogens with zero attached hydrogens (tertiary/aromatic N) is 1. The third kappa shape index (κ3) is 3.02. The van der Waals surface area contributed by atoms with Gasteiger partial charge in [0, 0.05) is 13.1 Å². The number of carboxylic acid groups (broad SMARTS) is 1. The second-order valence-corrected chi connectivity index (χ2v) is 7.77. The summed E-state index contributed by atoms with van der Waals surface area (Å²) in [6.07, 6.45) is -0.885. The SMILES string of the molecule is Cc1cc(C)c(S(=O)(=O)N2CC[C@H](O)[C@@H](C(=O)O)C2)c(C)c1. The predicted octanol–water partition coefficient (Wildman–Crippen LogP) is 1.07. The summed E-state index contributed by atoms with van der Waals surface area (Å²) in [6.45, 7) is 5.29. The van der Waals surface area contributed by atoms with Gasteiger partial charge < -0.3 is 10.2 Å². The van der Waals surface area contributed by atoms with Crippen molar-refractivity contribution >= 4 is 16.0 Å². The molecular weight excluding hydrogens is 306 g/mol. The zero-order chi connectivity index (χ0) is 16.7. The van der Waals surface area contributed by atoms with Gasteiger partial charge in [0.2, 0.25) is 10.0 Å². The molecule has 0 aromatic heterocycles. The number of aliphatic carboxylic acids is 1. The smallest absolute Gasteiger partial charge is 0.310 e. The Labute approximate surface area is 130 Å². The molecule has 0 unspecified atom stereocenters. The lowest BCUT2D eigenvalue weighted by atomic mass is 9.96. The highest BCUT2D eigenvalue weighted by atomic mass is 32.2. The van der Waals surface area contributed by atoms with Crippen LogP contribution in [0, 0.1) is 26.7 Å². The largest absolute Gasteiger partial charge is 0.481 e. The average Bonchev–Trinajstić information content (AvgIpc) is 2.36. The fourth-order valence-electron chi connectivity index (χ4n) is 3.07. The molecule has 6 nitrogen and oxygen atoms in total. The molecule has 0 amide bonds. The van der Waals surface area contributed by atoms with Crippen LogP contribution in [-0.2, 0) is 14.8 Å². The van der Waals surface area contributed by atoms with Gasteiger partial charge in [0.25, 0.3) is 0 Å². The van der Waals surface area contributed by atoms with Crippen molar-refractivity contribution in [3.8, 4) is 0 Å². The standard InChI is InChI=1S/C15H21NO5S/c1-9-6-10(2)14(11(3)7-9)22(20,21)16-5-4-13(17)12(8-16)15(18)19/h6-7,12-13,17H,4-5,8H2,1-3H3,(H,18,19)/t12-,13-/m0/s1. The van der Waals surface area contributed by atoms with Crippen LogP contribution in [0.1, 0.15) is 23.1 Å². The van der Waals surface area contributed by atoms with Crippen molar-refractivity contribution in [2.24, 2.45) is 5.92 Å². The first-order chi connectivity index (χ1) is 10.1. The molecule has 2 atom stereocenters. The van der Waals surface area contributed by atoms with Crippen molar-refractivity contribution < 1.29 is 23.4 Å². The first-order valence-corrected chi connectivity index (χ1v) is 8.57. The third-order valence-electron chi connectivity index (χ3n) is 4.06. The quantitative estimate of drug-likeness (QED) is 0.866. The van der Waals surface area contributed by atoms with Crippen LogP contribution < -0.4 is 0 Å². The van der Waals surface area contributed by atoms with Gasteiger partial charge in [-0.05, 0) is 38.3 Å². The second-order valence-electron chi connectivity index (χ2n) is 5.89. The summed E-state index contributed by atoms with van der Waals surface area (Å²) in [4.78, 5) is 11.4. The van der Waals surface area contributed by atoms with Crippen molar-refractivity contribution in [2.45, 2.75) is 38.2 Å². The van der Waals surface area contributed by atoms with Gasteiger partial charge in [-0.1, -0.05) is 17.7 Å². The Bertz CT molecular complexity index is 675. The molecule has 1 fully saturated rings. The van der Waals surface area contributed by atoms with Gasteiger partial charge in [-0.2, -0.15) is 4.31 Å². The van der Waals surface area contributed by atoms with E-state index in [0.29, 0.717) is 11.1 Å². The first-order valence-electron chi connectivity index (χ1n) is 7.13. The average molecular weight is 327 g/mol. The molecule has 2 N–H and O–H groups in total. The summed E-state index contributed by atoms with van der Waals surface area (Å²) >= 11 is 0. The summed E-state index contributed by atoms with van der Waals surface area (Å²) in [5, 5.41) is 18.9. The number of carbonyl (C=O) groups is 1. The number of hydrogen-bond acceptors (Lipinski definition) is 4. The van der Waals surface area contributed by atoms with E-state index in [-0.39, 0.29) is 24.4 Å². The van der Waals surface area contributed by atoms with Gasteiger partial charge in [0.05, 0.1) is 16.9 Å². The maximum atomic E-state index is 12.9. The van der Waals surface area contributed by atoms with Crippen LogP contribution in [0.5, 0.6) is 0 Å². The van der Waals surface area contributed by atoms with E-state index in [1.54, 1.807) is 26.0 Å². The maximum Gasteiger partial charge on any atom is 0.310 e. The Balaban J connectivity index is 2.41. The number of aliphatic hydroxyl groups excluding tert-OH is 1. The normalized spacial score (nSPS) is 23.5. The summed E-state index contributed by atoms with van der Waals surface area (Å²) in [6, 6.07) is 3.60.